The van der Waals surface area contributed by atoms with Gasteiger partial charge in [-0.1, -0.05) is 64.7 Å². The van der Waals surface area contributed by atoms with Crippen molar-refractivity contribution in [2.45, 2.75) is 64.7 Å². The summed E-state index contributed by atoms with van der Waals surface area (Å²) in [5.41, 5.74) is 0. The predicted molar refractivity (Wildman–Crippen MR) is 57.7 cm³/mol. The van der Waals surface area contributed by atoms with Gasteiger partial charge in [-0.2, -0.15) is 0 Å². The summed E-state index contributed by atoms with van der Waals surface area (Å²) in [4.78, 5) is 0. The maximum absolute atomic E-state index is 2.50. The Hall–Kier alpha value is 0. The molecule has 0 aliphatic heterocycles. The molecule has 0 nitrogen and oxygen atoms in total. The normalized spacial score (nSPS) is 27.5. The fraction of sp³-hybridized carbons (Fsp3) is 1.00. The first-order valence-electron chi connectivity index (χ1n) is 6.36. The Bertz CT molecular complexity index is 140. The van der Waals surface area contributed by atoms with Crippen LogP contribution in [-0.2, 0) is 0 Å². The molecular weight excluding hydrogens is 156 g/mol. The van der Waals surface area contributed by atoms with Gasteiger partial charge >= 0.3 is 0 Å². The molecule has 0 heterocycles. The molecule has 2 fully saturated rings. The highest BCUT2D eigenvalue weighted by Gasteiger charge is 2.24. The van der Waals surface area contributed by atoms with Crippen LogP contribution in [0.3, 0.4) is 0 Å². The molecule has 2 aliphatic carbocycles. The van der Waals surface area contributed by atoms with E-state index < -0.39 is 0 Å². The smallest absolute Gasteiger partial charge is 0.0388 e. The van der Waals surface area contributed by atoms with Crippen molar-refractivity contribution < 1.29 is 0 Å². The van der Waals surface area contributed by atoms with Crippen molar-refractivity contribution in [2.24, 2.45) is 17.8 Å². The first-order valence-corrected chi connectivity index (χ1v) is 6.36. The molecule has 1 atom stereocenters. The molecule has 2 rings (SSSR count). The maximum atomic E-state index is 2.50. The summed E-state index contributed by atoms with van der Waals surface area (Å²) < 4.78 is 0. The van der Waals surface area contributed by atoms with E-state index in [9.17, 15) is 0 Å². The first kappa shape index (κ1) is 9.55. The van der Waals surface area contributed by atoms with Crippen LogP contribution in [0.5, 0.6) is 0 Å². The molecule has 0 aromatic rings. The lowest BCUT2D eigenvalue weighted by atomic mass is 9.79. The average Bonchev–Trinajstić information content (AvgIpc) is 2.99. The van der Waals surface area contributed by atoms with Gasteiger partial charge in [0.2, 0.25) is 0 Å². The third kappa shape index (κ3) is 3.00. The Morgan fingerprint density at radius 1 is 1.00 bits per heavy atom. The highest BCUT2D eigenvalue weighted by molar-refractivity contribution is 4.77. The van der Waals surface area contributed by atoms with Crippen molar-refractivity contribution in [3.63, 3.8) is 0 Å². The lowest BCUT2D eigenvalue weighted by Gasteiger charge is -2.27. The summed E-state index contributed by atoms with van der Waals surface area (Å²) in [5.74, 6) is 3.26. The van der Waals surface area contributed by atoms with Crippen molar-refractivity contribution in [2.75, 3.05) is 0 Å². The van der Waals surface area contributed by atoms with E-state index >= 15 is 0 Å². The molecule has 13 heavy (non-hydrogen) atoms. The molecule has 0 N–H and O–H groups in total. The summed E-state index contributed by atoms with van der Waals surface area (Å²) in [5, 5.41) is 0. The minimum absolute atomic E-state index is 1.03. The van der Waals surface area contributed by atoms with Gasteiger partial charge in [-0.25, -0.2) is 0 Å². The van der Waals surface area contributed by atoms with Crippen LogP contribution in [0.4, 0.5) is 0 Å². The zero-order valence-electron chi connectivity index (χ0n) is 9.10. The largest absolute Gasteiger partial charge is 0.0622 e. The molecule has 76 valence electrons. The Morgan fingerprint density at radius 2 is 1.69 bits per heavy atom. The minimum atomic E-state index is 1.03. The van der Waals surface area contributed by atoms with E-state index in [1.54, 1.807) is 0 Å². The second-order valence-corrected chi connectivity index (χ2v) is 5.40. The van der Waals surface area contributed by atoms with Crippen LogP contribution in [-0.4, -0.2) is 0 Å². The standard InChI is InChI=1S/C13H24/c1-11(7-8-12-9-10-12)13-5-3-2-4-6-13/h11-13H,2-10H2,1H3. The van der Waals surface area contributed by atoms with Crippen molar-refractivity contribution in [3.8, 4) is 0 Å². The zero-order chi connectivity index (χ0) is 9.10. The van der Waals surface area contributed by atoms with Crippen molar-refractivity contribution in [3.05, 3.63) is 0 Å². The SMILES string of the molecule is CC(CCC1CC1)C1CCCCC1. The Morgan fingerprint density at radius 3 is 2.31 bits per heavy atom. The maximum Gasteiger partial charge on any atom is -0.0388 e. The van der Waals surface area contributed by atoms with Crippen molar-refractivity contribution in [1.82, 2.24) is 0 Å². The number of hydrogen-bond acceptors (Lipinski definition) is 0. The summed E-state index contributed by atoms with van der Waals surface area (Å²) in [6, 6.07) is 0. The van der Waals surface area contributed by atoms with E-state index in [-0.39, 0.29) is 0 Å². The third-order valence-corrected chi connectivity index (χ3v) is 4.18. The van der Waals surface area contributed by atoms with Crippen LogP contribution < -0.4 is 0 Å². The van der Waals surface area contributed by atoms with Crippen LogP contribution in [0.1, 0.15) is 64.7 Å². The van der Waals surface area contributed by atoms with E-state index in [0.717, 1.165) is 17.8 Å². The average molecular weight is 180 g/mol. The van der Waals surface area contributed by atoms with Gasteiger partial charge in [-0.3, -0.25) is 0 Å². The summed E-state index contributed by atoms with van der Waals surface area (Å²) >= 11 is 0. The summed E-state index contributed by atoms with van der Waals surface area (Å²) in [7, 11) is 0. The van der Waals surface area contributed by atoms with Gasteiger partial charge in [0.25, 0.3) is 0 Å². The van der Waals surface area contributed by atoms with Gasteiger partial charge in [0, 0.05) is 0 Å². The van der Waals surface area contributed by atoms with Crippen LogP contribution >= 0.6 is 0 Å². The topological polar surface area (TPSA) is 0 Å². The van der Waals surface area contributed by atoms with Crippen molar-refractivity contribution >= 4 is 0 Å². The van der Waals surface area contributed by atoms with E-state index in [1.807, 2.05) is 0 Å². The van der Waals surface area contributed by atoms with Gasteiger partial charge in [0.1, 0.15) is 0 Å². The van der Waals surface area contributed by atoms with E-state index in [2.05, 4.69) is 6.92 Å². The summed E-state index contributed by atoms with van der Waals surface area (Å²) in [6.45, 7) is 2.50. The minimum Gasteiger partial charge on any atom is -0.0622 e. The van der Waals surface area contributed by atoms with Gasteiger partial charge < -0.3 is 0 Å². The van der Waals surface area contributed by atoms with Gasteiger partial charge in [-0.05, 0) is 17.8 Å². The number of rotatable bonds is 4. The molecule has 0 aromatic carbocycles. The molecule has 0 amide bonds. The molecule has 1 unspecified atom stereocenters. The van der Waals surface area contributed by atoms with Crippen LogP contribution in [0.2, 0.25) is 0 Å². The highest BCUT2D eigenvalue weighted by Crippen LogP contribution is 2.38. The van der Waals surface area contributed by atoms with Gasteiger partial charge in [0.05, 0.1) is 0 Å². The fourth-order valence-electron chi connectivity index (χ4n) is 2.84. The van der Waals surface area contributed by atoms with Crippen molar-refractivity contribution in [1.29, 1.82) is 0 Å². The molecule has 0 spiro atoms. The lowest BCUT2D eigenvalue weighted by Crippen LogP contribution is -2.15. The molecule has 0 heteroatoms. The van der Waals surface area contributed by atoms with Crippen LogP contribution in [0.25, 0.3) is 0 Å². The van der Waals surface area contributed by atoms with Crippen LogP contribution in [0, 0.1) is 17.8 Å². The Balaban J connectivity index is 1.64. The molecule has 2 saturated carbocycles. The third-order valence-electron chi connectivity index (χ3n) is 4.18. The predicted octanol–water partition coefficient (Wildman–Crippen LogP) is 4.39. The molecular formula is C13H24. The quantitative estimate of drug-likeness (QED) is 0.602. The summed E-state index contributed by atoms with van der Waals surface area (Å²) in [6.07, 6.45) is 13.7. The second kappa shape index (κ2) is 4.48. The zero-order valence-corrected chi connectivity index (χ0v) is 9.10. The molecule has 0 bridgehead atoms. The fourth-order valence-corrected chi connectivity index (χ4v) is 2.84. The second-order valence-electron chi connectivity index (χ2n) is 5.40. The number of hydrogen-bond donors (Lipinski definition) is 0. The Labute approximate surface area is 83.1 Å². The highest BCUT2D eigenvalue weighted by atomic mass is 14.3. The Kier molecular flexibility index (Phi) is 3.29. The van der Waals surface area contributed by atoms with Gasteiger partial charge in [-0.15, -0.1) is 0 Å². The monoisotopic (exact) mass is 180 g/mol. The molecule has 0 saturated heterocycles. The molecule has 2 aliphatic rings. The van der Waals surface area contributed by atoms with E-state index in [4.69, 9.17) is 0 Å². The van der Waals surface area contributed by atoms with Gasteiger partial charge in [0.15, 0.2) is 0 Å². The lowest BCUT2D eigenvalue weighted by molar-refractivity contribution is 0.246. The first-order chi connectivity index (χ1) is 6.36. The van der Waals surface area contributed by atoms with E-state index in [0.29, 0.717) is 0 Å². The van der Waals surface area contributed by atoms with Crippen LogP contribution in [0.15, 0.2) is 0 Å². The van der Waals surface area contributed by atoms with E-state index in [1.165, 1.54) is 57.8 Å². The molecule has 0 aromatic heterocycles. The molecule has 0 radical (unpaired) electrons.